The molecule has 1 unspecified atom stereocenters. The number of anilines is 1. The van der Waals surface area contributed by atoms with E-state index in [1.807, 2.05) is 0 Å². The molecule has 1 aliphatic rings. The van der Waals surface area contributed by atoms with Crippen molar-refractivity contribution < 1.29 is 21.6 Å². The number of hydrogen-bond donors (Lipinski definition) is 2. The second-order valence-electron chi connectivity index (χ2n) is 4.89. The van der Waals surface area contributed by atoms with E-state index in [1.54, 1.807) is 0 Å². The summed E-state index contributed by atoms with van der Waals surface area (Å²) in [6.45, 7) is -0.136. The van der Waals surface area contributed by atoms with Crippen LogP contribution >= 0.6 is 0 Å². The van der Waals surface area contributed by atoms with E-state index in [-0.39, 0.29) is 28.6 Å². The van der Waals surface area contributed by atoms with Crippen molar-refractivity contribution in [3.05, 3.63) is 18.2 Å². The van der Waals surface area contributed by atoms with E-state index in [4.69, 9.17) is 10.5 Å². The number of benzene rings is 1. The molecule has 1 atom stereocenters. The molecule has 0 amide bonds. The fraction of sp³-hybridized carbons (Fsp3) is 0.500. The summed E-state index contributed by atoms with van der Waals surface area (Å²) in [6.07, 6.45) is 1.04. The van der Waals surface area contributed by atoms with Gasteiger partial charge in [-0.2, -0.15) is 0 Å². The second kappa shape index (κ2) is 5.82. The van der Waals surface area contributed by atoms with Gasteiger partial charge in [0.2, 0.25) is 10.0 Å². The van der Waals surface area contributed by atoms with Gasteiger partial charge in [0.15, 0.2) is 9.84 Å². The molecule has 1 aromatic carbocycles. The molecule has 0 aliphatic carbocycles. The Balaban J connectivity index is 2.21. The van der Waals surface area contributed by atoms with Crippen LogP contribution in [0.25, 0.3) is 0 Å². The van der Waals surface area contributed by atoms with Crippen molar-refractivity contribution in [1.82, 2.24) is 4.72 Å². The van der Waals surface area contributed by atoms with E-state index in [2.05, 4.69) is 4.72 Å². The van der Waals surface area contributed by atoms with Crippen LogP contribution in [0, 0.1) is 0 Å². The van der Waals surface area contributed by atoms with Crippen LogP contribution in [0.3, 0.4) is 0 Å². The minimum Gasteiger partial charge on any atom is -0.495 e. The zero-order valence-electron chi connectivity index (χ0n) is 11.6. The van der Waals surface area contributed by atoms with Gasteiger partial charge < -0.3 is 10.5 Å². The first-order chi connectivity index (χ1) is 9.76. The standard InChI is InChI=1S/C12H18N2O5S2/c1-19-11-5-4-9(13)7-12(11)21(17,18)14-8-10-3-2-6-20(10,15)16/h4-5,7,10,14H,2-3,6,8,13H2,1H3. The average Bonchev–Trinajstić information content (AvgIpc) is 2.75. The largest absolute Gasteiger partial charge is 0.495 e. The molecule has 1 fully saturated rings. The van der Waals surface area contributed by atoms with Gasteiger partial charge in [-0.1, -0.05) is 0 Å². The van der Waals surface area contributed by atoms with Gasteiger partial charge in [0.05, 0.1) is 18.1 Å². The summed E-state index contributed by atoms with van der Waals surface area (Å²) in [5, 5.41) is -0.667. The minimum absolute atomic E-state index is 0.0969. The zero-order valence-corrected chi connectivity index (χ0v) is 13.2. The maximum atomic E-state index is 12.3. The molecule has 0 spiro atoms. The van der Waals surface area contributed by atoms with E-state index >= 15 is 0 Å². The predicted molar refractivity (Wildman–Crippen MR) is 79.4 cm³/mol. The SMILES string of the molecule is COc1ccc(N)cc1S(=O)(=O)NCC1CCCS1(=O)=O. The number of nitrogens with one attached hydrogen (secondary N) is 1. The fourth-order valence-corrected chi connectivity index (χ4v) is 5.43. The molecular weight excluding hydrogens is 316 g/mol. The predicted octanol–water partition coefficient (Wildman–Crippen LogP) is 0.133. The van der Waals surface area contributed by atoms with E-state index < -0.39 is 25.1 Å². The van der Waals surface area contributed by atoms with Crippen LogP contribution in [0.15, 0.2) is 23.1 Å². The molecular formula is C12H18N2O5S2. The van der Waals surface area contributed by atoms with Gasteiger partial charge in [-0.3, -0.25) is 0 Å². The summed E-state index contributed by atoms with van der Waals surface area (Å²) in [6, 6.07) is 4.26. The van der Waals surface area contributed by atoms with E-state index in [0.29, 0.717) is 12.8 Å². The Morgan fingerprint density at radius 1 is 1.43 bits per heavy atom. The van der Waals surface area contributed by atoms with Crippen molar-refractivity contribution in [2.75, 3.05) is 25.1 Å². The molecule has 0 aromatic heterocycles. The van der Waals surface area contributed by atoms with Gasteiger partial charge in [0.25, 0.3) is 0 Å². The van der Waals surface area contributed by atoms with Crippen LogP contribution in [0.2, 0.25) is 0 Å². The number of ether oxygens (including phenoxy) is 1. The Labute approximate surface area is 124 Å². The van der Waals surface area contributed by atoms with Crippen LogP contribution in [-0.2, 0) is 19.9 Å². The van der Waals surface area contributed by atoms with Crippen LogP contribution in [0.1, 0.15) is 12.8 Å². The van der Waals surface area contributed by atoms with Gasteiger partial charge in [-0.15, -0.1) is 0 Å². The lowest BCUT2D eigenvalue weighted by molar-refractivity contribution is 0.402. The fourth-order valence-electron chi connectivity index (χ4n) is 2.27. The van der Waals surface area contributed by atoms with Crippen molar-refractivity contribution in [3.63, 3.8) is 0 Å². The highest BCUT2D eigenvalue weighted by atomic mass is 32.2. The third-order valence-corrected chi connectivity index (χ3v) is 7.16. The zero-order chi connectivity index (χ0) is 15.7. The summed E-state index contributed by atoms with van der Waals surface area (Å²) in [5.74, 6) is 0.270. The van der Waals surface area contributed by atoms with E-state index in [9.17, 15) is 16.8 Å². The number of sulfonamides is 1. The molecule has 2 rings (SSSR count). The third-order valence-electron chi connectivity index (χ3n) is 3.44. The van der Waals surface area contributed by atoms with E-state index in [1.165, 1.54) is 25.3 Å². The first-order valence-corrected chi connectivity index (χ1v) is 9.61. The second-order valence-corrected chi connectivity index (χ2v) is 9.03. The maximum Gasteiger partial charge on any atom is 0.244 e. The molecule has 7 nitrogen and oxygen atoms in total. The van der Waals surface area contributed by atoms with Gasteiger partial charge in [-0.25, -0.2) is 21.6 Å². The summed E-state index contributed by atoms with van der Waals surface area (Å²) in [7, 11) is -5.73. The summed E-state index contributed by atoms with van der Waals surface area (Å²) >= 11 is 0. The van der Waals surface area contributed by atoms with Crippen molar-refractivity contribution in [2.45, 2.75) is 23.0 Å². The number of sulfone groups is 1. The number of rotatable bonds is 5. The minimum atomic E-state index is -3.88. The monoisotopic (exact) mass is 334 g/mol. The Morgan fingerprint density at radius 2 is 2.14 bits per heavy atom. The molecule has 1 saturated heterocycles. The van der Waals surface area contributed by atoms with Crippen LogP contribution in [0.4, 0.5) is 5.69 Å². The highest BCUT2D eigenvalue weighted by molar-refractivity contribution is 7.92. The smallest absolute Gasteiger partial charge is 0.244 e. The first kappa shape index (κ1) is 16.1. The summed E-state index contributed by atoms with van der Waals surface area (Å²) in [5.41, 5.74) is 5.88. The molecule has 1 heterocycles. The van der Waals surface area contributed by atoms with Crippen molar-refractivity contribution >= 4 is 25.5 Å². The third kappa shape index (κ3) is 3.47. The van der Waals surface area contributed by atoms with Crippen LogP contribution in [-0.4, -0.2) is 41.5 Å². The van der Waals surface area contributed by atoms with Crippen LogP contribution in [0.5, 0.6) is 5.75 Å². The maximum absolute atomic E-state index is 12.3. The van der Waals surface area contributed by atoms with Gasteiger partial charge >= 0.3 is 0 Å². The molecule has 0 radical (unpaired) electrons. The normalized spacial score (nSPS) is 21.3. The van der Waals surface area contributed by atoms with Crippen molar-refractivity contribution in [3.8, 4) is 5.75 Å². The molecule has 0 saturated carbocycles. The number of methoxy groups -OCH3 is 1. The highest BCUT2D eigenvalue weighted by Crippen LogP contribution is 2.26. The Morgan fingerprint density at radius 3 is 2.71 bits per heavy atom. The molecule has 0 bridgehead atoms. The molecule has 3 N–H and O–H groups in total. The Kier molecular flexibility index (Phi) is 4.45. The molecule has 1 aromatic rings. The van der Waals surface area contributed by atoms with Gasteiger partial charge in [0.1, 0.15) is 10.6 Å². The lowest BCUT2D eigenvalue weighted by Gasteiger charge is -2.14. The quantitative estimate of drug-likeness (QED) is 0.740. The van der Waals surface area contributed by atoms with Gasteiger partial charge in [-0.05, 0) is 31.0 Å². The molecule has 9 heteroatoms. The lowest BCUT2D eigenvalue weighted by atomic mass is 10.2. The molecule has 118 valence electrons. The topological polar surface area (TPSA) is 116 Å². The Hall–Kier alpha value is -1.32. The molecule has 1 aliphatic heterocycles. The van der Waals surface area contributed by atoms with Crippen molar-refractivity contribution in [1.29, 1.82) is 0 Å². The number of hydrogen-bond acceptors (Lipinski definition) is 6. The highest BCUT2D eigenvalue weighted by Gasteiger charge is 2.32. The lowest BCUT2D eigenvalue weighted by Crippen LogP contribution is -2.34. The number of nitrogens with two attached hydrogens (primary N) is 1. The average molecular weight is 334 g/mol. The van der Waals surface area contributed by atoms with E-state index in [0.717, 1.165) is 0 Å². The summed E-state index contributed by atoms with van der Waals surface area (Å²) < 4.78 is 55.3. The molecule has 21 heavy (non-hydrogen) atoms. The Bertz CT molecular complexity index is 728. The first-order valence-electron chi connectivity index (χ1n) is 6.41. The van der Waals surface area contributed by atoms with Gasteiger partial charge in [0, 0.05) is 12.2 Å². The number of nitrogen functional groups attached to an aromatic ring is 1. The van der Waals surface area contributed by atoms with Crippen molar-refractivity contribution in [2.24, 2.45) is 0 Å². The van der Waals surface area contributed by atoms with Crippen LogP contribution < -0.4 is 15.2 Å². The summed E-state index contributed by atoms with van der Waals surface area (Å²) in [4.78, 5) is -0.0969.